The molecular weight excluding hydrogens is 150 g/mol. The van der Waals surface area contributed by atoms with Crippen LogP contribution in [0, 0.1) is 5.21 Å². The quantitative estimate of drug-likeness (QED) is 0.378. The number of dihydropyridines is 1. The second kappa shape index (κ2) is 2.79. The highest BCUT2D eigenvalue weighted by molar-refractivity contribution is 5.22. The van der Waals surface area contributed by atoms with Crippen molar-refractivity contribution in [3.05, 3.63) is 28.9 Å². The lowest BCUT2D eigenvalue weighted by Crippen LogP contribution is -2.44. The molecule has 1 rings (SSSR count). The van der Waals surface area contributed by atoms with E-state index in [0.717, 1.165) is 0 Å². The molecule has 5 N–H and O–H groups in total. The minimum atomic E-state index is -0.873. The first-order valence-corrected chi connectivity index (χ1v) is 2.90. The lowest BCUT2D eigenvalue weighted by Gasteiger charge is -2.31. The SMILES string of the molecule is N[C@@H]1NC(O)=CC=C1N([O-])O. The highest BCUT2D eigenvalue weighted by Gasteiger charge is 2.13. The van der Waals surface area contributed by atoms with Crippen molar-refractivity contribution in [2.75, 3.05) is 0 Å². The molecule has 0 aromatic rings. The Hall–Kier alpha value is -1.24. The van der Waals surface area contributed by atoms with Crippen LogP contribution in [0.2, 0.25) is 0 Å². The van der Waals surface area contributed by atoms with Crippen molar-refractivity contribution in [2.24, 2.45) is 5.73 Å². The molecule has 1 heterocycles. The summed E-state index contributed by atoms with van der Waals surface area (Å²) < 4.78 is 0. The molecule has 0 amide bonds. The van der Waals surface area contributed by atoms with Gasteiger partial charge in [-0.25, -0.2) is 0 Å². The van der Waals surface area contributed by atoms with Crippen LogP contribution in [0.4, 0.5) is 0 Å². The Balaban J connectivity index is 2.78. The van der Waals surface area contributed by atoms with Gasteiger partial charge >= 0.3 is 0 Å². The van der Waals surface area contributed by atoms with Crippen LogP contribution in [-0.4, -0.2) is 21.7 Å². The number of hydroxylamine groups is 2. The summed E-state index contributed by atoms with van der Waals surface area (Å²) in [6.07, 6.45) is 1.58. The van der Waals surface area contributed by atoms with Gasteiger partial charge < -0.3 is 26.6 Å². The molecule has 0 aromatic carbocycles. The predicted molar refractivity (Wildman–Crippen MR) is 36.9 cm³/mol. The van der Waals surface area contributed by atoms with E-state index in [1.807, 2.05) is 0 Å². The number of nitrogens with zero attached hydrogens (tertiary/aromatic N) is 1. The second-order valence-electron chi connectivity index (χ2n) is 2.04. The van der Waals surface area contributed by atoms with Crippen molar-refractivity contribution >= 4 is 0 Å². The molecule has 0 aliphatic carbocycles. The Bertz CT molecular complexity index is 211. The van der Waals surface area contributed by atoms with Crippen LogP contribution in [-0.2, 0) is 0 Å². The zero-order valence-electron chi connectivity index (χ0n) is 5.56. The van der Waals surface area contributed by atoms with E-state index >= 15 is 0 Å². The molecule has 0 saturated carbocycles. The van der Waals surface area contributed by atoms with Gasteiger partial charge in [-0.1, -0.05) is 0 Å². The van der Waals surface area contributed by atoms with E-state index in [-0.39, 0.29) is 16.8 Å². The number of nitrogens with two attached hydrogens (primary N) is 1. The Morgan fingerprint density at radius 3 is 2.73 bits per heavy atom. The van der Waals surface area contributed by atoms with E-state index in [0.29, 0.717) is 0 Å². The Kier molecular flexibility index (Phi) is 1.99. The average molecular weight is 158 g/mol. The monoisotopic (exact) mass is 158 g/mol. The van der Waals surface area contributed by atoms with Gasteiger partial charge in [-0.3, -0.25) is 5.21 Å². The fraction of sp³-hybridized carbons (Fsp3) is 0.200. The van der Waals surface area contributed by atoms with Gasteiger partial charge in [-0.15, -0.1) is 0 Å². The summed E-state index contributed by atoms with van der Waals surface area (Å²) in [5.74, 6) is -0.136. The van der Waals surface area contributed by atoms with Gasteiger partial charge in [0.05, 0.1) is 5.70 Å². The van der Waals surface area contributed by atoms with Gasteiger partial charge in [0.1, 0.15) is 6.17 Å². The molecule has 6 heteroatoms. The van der Waals surface area contributed by atoms with E-state index in [4.69, 9.17) is 16.0 Å². The molecule has 1 atom stereocenters. The molecule has 6 nitrogen and oxygen atoms in total. The first-order chi connectivity index (χ1) is 5.11. The molecule has 0 aromatic heterocycles. The molecule has 0 radical (unpaired) electrons. The van der Waals surface area contributed by atoms with E-state index < -0.39 is 6.17 Å². The van der Waals surface area contributed by atoms with Gasteiger partial charge in [0, 0.05) is 0 Å². The van der Waals surface area contributed by atoms with E-state index in [2.05, 4.69) is 5.32 Å². The summed E-state index contributed by atoms with van der Waals surface area (Å²) in [5, 5.41) is 29.5. The molecule has 11 heavy (non-hydrogen) atoms. The zero-order chi connectivity index (χ0) is 8.43. The van der Waals surface area contributed by atoms with Crippen molar-refractivity contribution in [2.45, 2.75) is 6.17 Å². The number of hydrogen-bond acceptors (Lipinski definition) is 6. The Morgan fingerprint density at radius 1 is 1.64 bits per heavy atom. The maximum atomic E-state index is 10.3. The minimum absolute atomic E-state index is 0.0530. The topological polar surface area (TPSA) is 105 Å². The highest BCUT2D eigenvalue weighted by atomic mass is 16.8. The number of hydrogen-bond donors (Lipinski definition) is 4. The maximum Gasteiger partial charge on any atom is 0.185 e. The van der Waals surface area contributed by atoms with Gasteiger partial charge in [-0.2, -0.15) is 0 Å². The summed E-state index contributed by atoms with van der Waals surface area (Å²) in [6.45, 7) is 0. The third-order valence-corrected chi connectivity index (χ3v) is 1.25. The summed E-state index contributed by atoms with van der Waals surface area (Å²) in [7, 11) is 0. The average Bonchev–Trinajstić information content (AvgIpc) is 1.85. The van der Waals surface area contributed by atoms with Gasteiger partial charge in [0.25, 0.3) is 0 Å². The van der Waals surface area contributed by atoms with E-state index in [1.165, 1.54) is 12.2 Å². The van der Waals surface area contributed by atoms with Crippen molar-refractivity contribution in [3.8, 4) is 0 Å². The van der Waals surface area contributed by atoms with E-state index in [1.54, 1.807) is 0 Å². The van der Waals surface area contributed by atoms with Crippen LogP contribution in [0.3, 0.4) is 0 Å². The Morgan fingerprint density at radius 2 is 2.27 bits per heavy atom. The van der Waals surface area contributed by atoms with Crippen LogP contribution in [0.15, 0.2) is 23.7 Å². The third-order valence-electron chi connectivity index (χ3n) is 1.25. The van der Waals surface area contributed by atoms with Crippen molar-refractivity contribution in [1.82, 2.24) is 10.5 Å². The molecule has 0 fully saturated rings. The molecule has 0 bridgehead atoms. The van der Waals surface area contributed by atoms with Gasteiger partial charge in [0.15, 0.2) is 5.88 Å². The van der Waals surface area contributed by atoms with Crippen LogP contribution in [0.25, 0.3) is 0 Å². The first-order valence-electron chi connectivity index (χ1n) is 2.90. The number of nitrogens with one attached hydrogen (secondary N) is 1. The summed E-state index contributed by atoms with van der Waals surface area (Å²) in [5.41, 5.74) is 5.24. The summed E-state index contributed by atoms with van der Waals surface area (Å²) in [4.78, 5) is 0. The predicted octanol–water partition coefficient (Wildman–Crippen LogP) is -0.653. The maximum absolute atomic E-state index is 10.3. The summed E-state index contributed by atoms with van der Waals surface area (Å²) >= 11 is 0. The fourth-order valence-electron chi connectivity index (χ4n) is 0.732. The van der Waals surface area contributed by atoms with E-state index in [9.17, 15) is 5.21 Å². The first kappa shape index (κ1) is 7.86. The van der Waals surface area contributed by atoms with Crippen LogP contribution >= 0.6 is 0 Å². The molecular formula is C5H8N3O3-. The normalized spacial score (nSPS) is 23.4. The number of aliphatic hydroxyl groups excluding tert-OH is 1. The van der Waals surface area contributed by atoms with Crippen LogP contribution < -0.4 is 11.1 Å². The largest absolute Gasteiger partial charge is 0.734 e. The van der Waals surface area contributed by atoms with Gasteiger partial charge in [0.2, 0.25) is 0 Å². The molecule has 1 aliphatic heterocycles. The standard InChI is InChI=1S/C5H8N3O3/c6-5-3(8(10)11)1-2-4(9)7-5/h1-2,5,7,9-10H,6H2/q-1/t5-/m1/s1. The van der Waals surface area contributed by atoms with Crippen molar-refractivity contribution in [3.63, 3.8) is 0 Å². The molecule has 62 valence electrons. The smallest absolute Gasteiger partial charge is 0.185 e. The highest BCUT2D eigenvalue weighted by Crippen LogP contribution is 2.08. The third kappa shape index (κ3) is 1.61. The molecule has 1 aliphatic rings. The Labute approximate surface area is 62.8 Å². The number of aliphatic hydroxyl groups is 1. The zero-order valence-corrected chi connectivity index (χ0v) is 5.56. The molecule has 0 spiro atoms. The van der Waals surface area contributed by atoms with Crippen LogP contribution in [0.5, 0.6) is 0 Å². The van der Waals surface area contributed by atoms with Gasteiger partial charge in [-0.05, 0) is 12.2 Å². The number of allylic oxidation sites excluding steroid dienone is 2. The molecule has 0 unspecified atom stereocenters. The fourth-order valence-corrected chi connectivity index (χ4v) is 0.732. The lowest BCUT2D eigenvalue weighted by molar-refractivity contribution is -0.0119. The van der Waals surface area contributed by atoms with Crippen LogP contribution in [0.1, 0.15) is 0 Å². The minimum Gasteiger partial charge on any atom is -0.734 e. The number of rotatable bonds is 1. The summed E-state index contributed by atoms with van der Waals surface area (Å²) in [6, 6.07) is 0. The molecule has 0 saturated heterocycles. The second-order valence-corrected chi connectivity index (χ2v) is 2.04. The van der Waals surface area contributed by atoms with Crippen molar-refractivity contribution < 1.29 is 10.3 Å². The lowest BCUT2D eigenvalue weighted by atomic mass is 10.2. The van der Waals surface area contributed by atoms with Crippen molar-refractivity contribution in [1.29, 1.82) is 0 Å².